The predicted octanol–water partition coefficient (Wildman–Crippen LogP) is 0.989. The predicted molar refractivity (Wildman–Crippen MR) is 73.6 cm³/mol. The van der Waals surface area contributed by atoms with Gasteiger partial charge in [0.1, 0.15) is 12.4 Å². The number of hydrogen-bond donors (Lipinski definition) is 1. The topological polar surface area (TPSA) is 114 Å². The molecule has 1 amide bonds. The summed E-state index contributed by atoms with van der Waals surface area (Å²) in [4.78, 5) is 22.2. The SMILES string of the molecule is CC1=NN(C(=O)[C@@H](C)Cn2cc([N+](=O)[O-])cn2)[C@@](O)(C(F)F)C1. The van der Waals surface area contributed by atoms with Crippen LogP contribution in [-0.4, -0.2) is 48.6 Å². The van der Waals surface area contributed by atoms with E-state index in [0.717, 1.165) is 17.1 Å². The van der Waals surface area contributed by atoms with Crippen molar-refractivity contribution in [1.82, 2.24) is 14.8 Å². The van der Waals surface area contributed by atoms with Crippen LogP contribution in [0.3, 0.4) is 0 Å². The van der Waals surface area contributed by atoms with Crippen LogP contribution < -0.4 is 0 Å². The number of alkyl halides is 2. The Morgan fingerprint density at radius 3 is 2.78 bits per heavy atom. The molecule has 0 radical (unpaired) electrons. The summed E-state index contributed by atoms with van der Waals surface area (Å²) >= 11 is 0. The first-order valence-electron chi connectivity index (χ1n) is 6.70. The third kappa shape index (κ3) is 3.18. The molecule has 0 aromatic carbocycles. The summed E-state index contributed by atoms with van der Waals surface area (Å²) in [5.74, 6) is -1.68. The molecule has 2 rings (SSSR count). The third-order valence-electron chi connectivity index (χ3n) is 3.42. The number of carbonyl (C=O) groups excluding carboxylic acids is 1. The molecule has 0 fully saturated rings. The van der Waals surface area contributed by atoms with Gasteiger partial charge in [0.15, 0.2) is 0 Å². The second-order valence-corrected chi connectivity index (χ2v) is 5.42. The van der Waals surface area contributed by atoms with Crippen molar-refractivity contribution in [3.63, 3.8) is 0 Å². The number of aromatic nitrogens is 2. The summed E-state index contributed by atoms with van der Waals surface area (Å²) in [5.41, 5.74) is -2.70. The van der Waals surface area contributed by atoms with E-state index >= 15 is 0 Å². The van der Waals surface area contributed by atoms with Crippen LogP contribution in [0.15, 0.2) is 17.5 Å². The number of nitrogens with zero attached hydrogens (tertiary/aromatic N) is 5. The molecule has 23 heavy (non-hydrogen) atoms. The molecule has 126 valence electrons. The zero-order valence-electron chi connectivity index (χ0n) is 12.4. The van der Waals surface area contributed by atoms with Gasteiger partial charge in [0.05, 0.1) is 17.4 Å². The largest absolute Gasteiger partial charge is 0.364 e. The second kappa shape index (κ2) is 5.99. The van der Waals surface area contributed by atoms with Gasteiger partial charge in [0, 0.05) is 12.1 Å². The average molecular weight is 331 g/mol. The van der Waals surface area contributed by atoms with Gasteiger partial charge in [-0.05, 0) is 6.92 Å². The fourth-order valence-corrected chi connectivity index (χ4v) is 2.27. The zero-order chi connectivity index (χ0) is 17.4. The van der Waals surface area contributed by atoms with Gasteiger partial charge < -0.3 is 5.11 Å². The van der Waals surface area contributed by atoms with E-state index in [1.165, 1.54) is 13.8 Å². The van der Waals surface area contributed by atoms with Gasteiger partial charge in [0.25, 0.3) is 6.43 Å². The number of amides is 1. The Hall–Kier alpha value is -2.43. The summed E-state index contributed by atoms with van der Waals surface area (Å²) in [6.45, 7) is 2.80. The first kappa shape index (κ1) is 16.9. The first-order valence-corrected chi connectivity index (χ1v) is 6.70. The Balaban J connectivity index is 2.13. The monoisotopic (exact) mass is 331 g/mol. The van der Waals surface area contributed by atoms with Crippen LogP contribution in [0.4, 0.5) is 14.5 Å². The van der Waals surface area contributed by atoms with Gasteiger partial charge in [-0.1, -0.05) is 6.92 Å². The standard InChI is InChI=1S/C12H15F2N5O4/c1-7(5-17-6-9(4-15-17)19(22)23)10(20)18-12(21,11(13)14)3-8(2)16-18/h4,6-7,11,21H,3,5H2,1-2H3/t7-,12-/m0/s1. The number of carbonyl (C=O) groups is 1. The van der Waals surface area contributed by atoms with Crippen LogP contribution in [0.1, 0.15) is 20.3 Å². The maximum Gasteiger partial charge on any atom is 0.306 e. The lowest BCUT2D eigenvalue weighted by Gasteiger charge is -2.31. The molecule has 1 aromatic heterocycles. The number of hydrazone groups is 1. The van der Waals surface area contributed by atoms with E-state index in [1.54, 1.807) is 0 Å². The van der Waals surface area contributed by atoms with E-state index in [9.17, 15) is 28.8 Å². The molecular formula is C12H15F2N5O4. The Morgan fingerprint density at radius 1 is 1.61 bits per heavy atom. The smallest absolute Gasteiger partial charge is 0.306 e. The quantitative estimate of drug-likeness (QED) is 0.638. The Labute approximate surface area is 129 Å². The summed E-state index contributed by atoms with van der Waals surface area (Å²) in [6.07, 6.45) is -1.46. The van der Waals surface area contributed by atoms with Crippen molar-refractivity contribution >= 4 is 17.3 Å². The zero-order valence-corrected chi connectivity index (χ0v) is 12.4. The van der Waals surface area contributed by atoms with Crippen molar-refractivity contribution in [2.24, 2.45) is 11.0 Å². The van der Waals surface area contributed by atoms with Gasteiger partial charge in [-0.2, -0.15) is 15.2 Å². The number of halogens is 2. The highest BCUT2D eigenvalue weighted by Gasteiger charge is 2.51. The molecule has 1 aliphatic heterocycles. The van der Waals surface area contributed by atoms with Gasteiger partial charge in [-0.3, -0.25) is 19.6 Å². The molecule has 11 heteroatoms. The normalized spacial score (nSPS) is 22.3. The molecular weight excluding hydrogens is 316 g/mol. The van der Waals surface area contributed by atoms with Crippen LogP contribution in [0.5, 0.6) is 0 Å². The highest BCUT2D eigenvalue weighted by molar-refractivity contribution is 5.89. The van der Waals surface area contributed by atoms with Crippen molar-refractivity contribution in [1.29, 1.82) is 0 Å². The average Bonchev–Trinajstić information content (AvgIpc) is 3.03. The lowest BCUT2D eigenvalue weighted by Crippen LogP contribution is -2.53. The summed E-state index contributed by atoms with van der Waals surface area (Å²) in [7, 11) is 0. The highest BCUT2D eigenvalue weighted by Crippen LogP contribution is 2.32. The van der Waals surface area contributed by atoms with E-state index in [1.807, 2.05) is 0 Å². The Morgan fingerprint density at radius 2 is 2.26 bits per heavy atom. The van der Waals surface area contributed by atoms with E-state index in [-0.39, 0.29) is 17.9 Å². The minimum Gasteiger partial charge on any atom is -0.364 e. The van der Waals surface area contributed by atoms with E-state index in [0.29, 0.717) is 5.01 Å². The van der Waals surface area contributed by atoms with Crippen molar-refractivity contribution in [2.45, 2.75) is 39.0 Å². The lowest BCUT2D eigenvalue weighted by molar-refractivity contribution is -0.385. The van der Waals surface area contributed by atoms with Gasteiger partial charge in [-0.25, -0.2) is 8.78 Å². The van der Waals surface area contributed by atoms with Gasteiger partial charge in [0.2, 0.25) is 11.6 Å². The number of hydrogen-bond acceptors (Lipinski definition) is 6. The lowest BCUT2D eigenvalue weighted by atomic mass is 10.1. The fourth-order valence-electron chi connectivity index (χ4n) is 2.27. The highest BCUT2D eigenvalue weighted by atomic mass is 19.3. The van der Waals surface area contributed by atoms with E-state index < -0.39 is 35.3 Å². The maximum atomic E-state index is 13.1. The van der Waals surface area contributed by atoms with E-state index in [2.05, 4.69) is 10.2 Å². The molecule has 2 heterocycles. The summed E-state index contributed by atoms with van der Waals surface area (Å²) in [6, 6.07) is 0. The van der Waals surface area contributed by atoms with Crippen molar-refractivity contribution in [2.75, 3.05) is 0 Å². The minimum absolute atomic E-state index is 0.0724. The fraction of sp³-hybridized carbons (Fsp3) is 0.583. The number of rotatable bonds is 5. The maximum absolute atomic E-state index is 13.1. The summed E-state index contributed by atoms with van der Waals surface area (Å²) in [5, 5.41) is 28.4. The molecule has 1 aromatic rings. The Kier molecular flexibility index (Phi) is 4.41. The van der Waals surface area contributed by atoms with Crippen LogP contribution in [0.2, 0.25) is 0 Å². The molecule has 0 bridgehead atoms. The molecule has 9 nitrogen and oxygen atoms in total. The molecule has 0 saturated heterocycles. The summed E-state index contributed by atoms with van der Waals surface area (Å²) < 4.78 is 27.3. The van der Waals surface area contributed by atoms with Crippen LogP contribution in [0.25, 0.3) is 0 Å². The molecule has 0 unspecified atom stereocenters. The minimum atomic E-state index is -3.18. The van der Waals surface area contributed by atoms with Crippen molar-refractivity contribution in [3.8, 4) is 0 Å². The van der Waals surface area contributed by atoms with Crippen LogP contribution in [0, 0.1) is 16.0 Å². The van der Waals surface area contributed by atoms with Crippen molar-refractivity contribution < 1.29 is 23.6 Å². The Bertz CT molecular complexity index is 662. The second-order valence-electron chi connectivity index (χ2n) is 5.42. The molecule has 0 aliphatic carbocycles. The first-order chi connectivity index (χ1) is 10.6. The number of nitro groups is 1. The number of aliphatic hydroxyl groups is 1. The van der Waals surface area contributed by atoms with Gasteiger partial charge >= 0.3 is 5.69 Å². The molecule has 1 N–H and O–H groups in total. The molecule has 0 saturated carbocycles. The molecule has 0 spiro atoms. The molecule has 2 atom stereocenters. The van der Waals surface area contributed by atoms with E-state index in [4.69, 9.17) is 0 Å². The van der Waals surface area contributed by atoms with Crippen LogP contribution >= 0.6 is 0 Å². The molecule has 1 aliphatic rings. The van der Waals surface area contributed by atoms with Gasteiger partial charge in [-0.15, -0.1) is 0 Å². The van der Waals surface area contributed by atoms with Crippen molar-refractivity contribution in [3.05, 3.63) is 22.5 Å². The van der Waals surface area contributed by atoms with Crippen LogP contribution in [-0.2, 0) is 11.3 Å². The third-order valence-corrected chi connectivity index (χ3v) is 3.42.